The molecule has 8 nitrogen and oxygen atoms in total. The van der Waals surface area contributed by atoms with Gasteiger partial charge in [0.25, 0.3) is 5.91 Å². The first-order valence-electron chi connectivity index (χ1n) is 11.0. The summed E-state index contributed by atoms with van der Waals surface area (Å²) in [4.78, 5) is 31.4. The first-order chi connectivity index (χ1) is 14.7. The molecule has 1 amide bonds. The Morgan fingerprint density at radius 3 is 2.32 bits per heavy atom. The van der Waals surface area contributed by atoms with Gasteiger partial charge in [0, 0.05) is 55.3 Å². The molecule has 0 aliphatic carbocycles. The van der Waals surface area contributed by atoms with Crippen molar-refractivity contribution >= 4 is 22.8 Å². The molecule has 1 aliphatic rings. The van der Waals surface area contributed by atoms with Crippen LogP contribution in [0.4, 0.5) is 5.82 Å². The summed E-state index contributed by atoms with van der Waals surface area (Å²) in [6, 6.07) is 4.18. The number of fused-ring (bicyclic) bond motifs is 1. The molecule has 3 aromatic heterocycles. The standard InChI is InChI=1S/C23H31N7O/c1-14(2)21-25-16(5)11-20(27-21)28-7-9-29(10-8-28)23(31)19-12-18-13-24-30(15(3)4)22(18)26-17(19)6/h11-15H,7-10H2,1-6H3. The molecular weight excluding hydrogens is 390 g/mol. The zero-order valence-electron chi connectivity index (χ0n) is 19.3. The summed E-state index contributed by atoms with van der Waals surface area (Å²) in [7, 11) is 0. The van der Waals surface area contributed by atoms with Crippen molar-refractivity contribution in [3.8, 4) is 0 Å². The van der Waals surface area contributed by atoms with Crippen LogP contribution in [-0.2, 0) is 0 Å². The van der Waals surface area contributed by atoms with Crippen molar-refractivity contribution in [2.45, 2.75) is 53.5 Å². The Bertz CT molecular complexity index is 1110. The number of carbonyl (C=O) groups excluding carboxylic acids is 1. The van der Waals surface area contributed by atoms with E-state index in [9.17, 15) is 4.79 Å². The van der Waals surface area contributed by atoms with Gasteiger partial charge in [-0.25, -0.2) is 19.6 Å². The maximum absolute atomic E-state index is 13.3. The normalized spacial score (nSPS) is 14.8. The molecule has 0 unspecified atom stereocenters. The Hall–Kier alpha value is -3.03. The highest BCUT2D eigenvalue weighted by Gasteiger charge is 2.25. The van der Waals surface area contributed by atoms with Gasteiger partial charge in [-0.1, -0.05) is 13.8 Å². The molecular formula is C23H31N7O. The number of nitrogens with zero attached hydrogens (tertiary/aromatic N) is 7. The molecule has 0 aromatic carbocycles. The number of aromatic nitrogens is 5. The summed E-state index contributed by atoms with van der Waals surface area (Å²) in [5.41, 5.74) is 3.21. The van der Waals surface area contributed by atoms with Crippen molar-refractivity contribution in [3.63, 3.8) is 0 Å². The van der Waals surface area contributed by atoms with Crippen LogP contribution in [-0.4, -0.2) is 61.7 Å². The number of rotatable bonds is 4. The molecule has 3 aromatic rings. The molecule has 0 bridgehead atoms. The Balaban J connectivity index is 1.50. The number of amides is 1. The van der Waals surface area contributed by atoms with E-state index in [1.807, 2.05) is 35.6 Å². The largest absolute Gasteiger partial charge is 0.353 e. The van der Waals surface area contributed by atoms with Crippen LogP contribution in [0, 0.1) is 13.8 Å². The molecule has 0 saturated carbocycles. The van der Waals surface area contributed by atoms with Gasteiger partial charge in [0.15, 0.2) is 5.65 Å². The number of aryl methyl sites for hydroxylation is 2. The van der Waals surface area contributed by atoms with Crippen molar-refractivity contribution in [2.24, 2.45) is 0 Å². The predicted octanol–water partition coefficient (Wildman–Crippen LogP) is 3.50. The fraction of sp³-hybridized carbons (Fsp3) is 0.522. The molecule has 4 rings (SSSR count). The van der Waals surface area contributed by atoms with Gasteiger partial charge in [-0.15, -0.1) is 0 Å². The van der Waals surface area contributed by atoms with Crippen LogP contribution in [0.3, 0.4) is 0 Å². The Morgan fingerprint density at radius 1 is 0.968 bits per heavy atom. The second kappa shape index (κ2) is 8.24. The molecule has 0 atom stereocenters. The number of hydrogen-bond donors (Lipinski definition) is 0. The number of anilines is 1. The van der Waals surface area contributed by atoms with Gasteiger partial charge in [0.05, 0.1) is 17.5 Å². The first kappa shape index (κ1) is 21.2. The van der Waals surface area contributed by atoms with Gasteiger partial charge in [0.2, 0.25) is 0 Å². The van der Waals surface area contributed by atoms with Crippen LogP contribution in [0.2, 0.25) is 0 Å². The van der Waals surface area contributed by atoms with E-state index in [2.05, 4.69) is 42.7 Å². The van der Waals surface area contributed by atoms with Crippen molar-refractivity contribution in [1.29, 1.82) is 0 Å². The lowest BCUT2D eigenvalue weighted by Gasteiger charge is -2.35. The quantitative estimate of drug-likeness (QED) is 0.641. The first-order valence-corrected chi connectivity index (χ1v) is 11.0. The summed E-state index contributed by atoms with van der Waals surface area (Å²) in [5.74, 6) is 2.13. The SMILES string of the molecule is Cc1cc(N2CCN(C(=O)c3cc4cnn(C(C)C)c4nc3C)CC2)nc(C(C)C)n1. The van der Waals surface area contributed by atoms with Crippen molar-refractivity contribution in [2.75, 3.05) is 31.1 Å². The second-order valence-electron chi connectivity index (χ2n) is 8.88. The van der Waals surface area contributed by atoms with E-state index in [1.165, 1.54) is 0 Å². The minimum Gasteiger partial charge on any atom is -0.353 e. The highest BCUT2D eigenvalue weighted by Crippen LogP contribution is 2.22. The molecule has 1 aliphatic heterocycles. The third-order valence-corrected chi connectivity index (χ3v) is 5.74. The van der Waals surface area contributed by atoms with Crippen molar-refractivity contribution in [1.82, 2.24) is 29.6 Å². The minimum absolute atomic E-state index is 0.0329. The zero-order chi connectivity index (χ0) is 22.3. The Morgan fingerprint density at radius 2 is 1.68 bits per heavy atom. The molecule has 0 N–H and O–H groups in total. The van der Waals surface area contributed by atoms with Gasteiger partial charge in [-0.2, -0.15) is 5.10 Å². The topological polar surface area (TPSA) is 80.0 Å². The van der Waals surface area contributed by atoms with Gasteiger partial charge in [-0.05, 0) is 33.8 Å². The van der Waals surface area contributed by atoms with Gasteiger partial charge < -0.3 is 9.80 Å². The van der Waals surface area contributed by atoms with Crippen LogP contribution < -0.4 is 4.90 Å². The van der Waals surface area contributed by atoms with Crippen LogP contribution >= 0.6 is 0 Å². The monoisotopic (exact) mass is 421 g/mol. The third kappa shape index (κ3) is 4.11. The smallest absolute Gasteiger partial charge is 0.255 e. The summed E-state index contributed by atoms with van der Waals surface area (Å²) in [5, 5.41) is 5.33. The zero-order valence-corrected chi connectivity index (χ0v) is 19.3. The number of hydrogen-bond acceptors (Lipinski definition) is 6. The molecule has 4 heterocycles. The highest BCUT2D eigenvalue weighted by molar-refractivity contribution is 5.98. The van der Waals surface area contributed by atoms with Gasteiger partial charge in [0.1, 0.15) is 11.6 Å². The van der Waals surface area contributed by atoms with E-state index >= 15 is 0 Å². The van der Waals surface area contributed by atoms with Crippen LogP contribution in [0.15, 0.2) is 18.3 Å². The van der Waals surface area contributed by atoms with Gasteiger partial charge >= 0.3 is 0 Å². The van der Waals surface area contributed by atoms with Crippen LogP contribution in [0.25, 0.3) is 11.0 Å². The van der Waals surface area contributed by atoms with E-state index in [-0.39, 0.29) is 17.9 Å². The minimum atomic E-state index is 0.0329. The summed E-state index contributed by atoms with van der Waals surface area (Å²) in [6.07, 6.45) is 1.79. The lowest BCUT2D eigenvalue weighted by molar-refractivity contribution is 0.0745. The average Bonchev–Trinajstić information content (AvgIpc) is 3.15. The van der Waals surface area contributed by atoms with E-state index < -0.39 is 0 Å². The van der Waals surface area contributed by atoms with Crippen molar-refractivity contribution < 1.29 is 4.79 Å². The fourth-order valence-corrected chi connectivity index (χ4v) is 3.96. The van der Waals surface area contributed by atoms with Crippen molar-refractivity contribution in [3.05, 3.63) is 41.1 Å². The summed E-state index contributed by atoms with van der Waals surface area (Å²) < 4.78 is 1.89. The summed E-state index contributed by atoms with van der Waals surface area (Å²) >= 11 is 0. The third-order valence-electron chi connectivity index (χ3n) is 5.74. The average molecular weight is 422 g/mol. The molecule has 164 valence electrons. The lowest BCUT2D eigenvalue weighted by atomic mass is 10.1. The lowest BCUT2D eigenvalue weighted by Crippen LogP contribution is -2.49. The van der Waals surface area contributed by atoms with E-state index in [0.29, 0.717) is 18.7 Å². The van der Waals surface area contributed by atoms with Crippen LogP contribution in [0.5, 0.6) is 0 Å². The maximum Gasteiger partial charge on any atom is 0.255 e. The van der Waals surface area contributed by atoms with E-state index in [4.69, 9.17) is 9.97 Å². The van der Waals surface area contributed by atoms with E-state index in [1.54, 1.807) is 6.20 Å². The number of pyridine rings is 1. The number of carbonyl (C=O) groups is 1. The Labute approximate surface area is 183 Å². The van der Waals surface area contributed by atoms with Gasteiger partial charge in [-0.3, -0.25) is 4.79 Å². The number of piperazine rings is 1. The second-order valence-corrected chi connectivity index (χ2v) is 8.88. The maximum atomic E-state index is 13.3. The highest BCUT2D eigenvalue weighted by atomic mass is 16.2. The molecule has 31 heavy (non-hydrogen) atoms. The summed E-state index contributed by atoms with van der Waals surface area (Å²) in [6.45, 7) is 15.1. The molecule has 1 saturated heterocycles. The Kier molecular flexibility index (Phi) is 5.64. The van der Waals surface area contributed by atoms with Crippen LogP contribution in [0.1, 0.15) is 67.2 Å². The molecule has 1 fully saturated rings. The predicted molar refractivity (Wildman–Crippen MR) is 122 cm³/mol. The molecule has 0 spiro atoms. The molecule has 8 heteroatoms. The molecule has 0 radical (unpaired) electrons. The fourth-order valence-electron chi connectivity index (χ4n) is 3.96. The van der Waals surface area contributed by atoms with E-state index in [0.717, 1.165) is 47.2 Å².